The smallest absolute Gasteiger partial charge is 0.325 e. The largest absolute Gasteiger partial charge is 0.467 e. The van der Waals surface area contributed by atoms with Gasteiger partial charge >= 0.3 is 6.03 Å². The highest BCUT2D eigenvalue weighted by molar-refractivity contribution is 6.30. The van der Waals surface area contributed by atoms with Gasteiger partial charge in [0.25, 0.3) is 0 Å². The number of urea groups is 1. The summed E-state index contributed by atoms with van der Waals surface area (Å²) in [4.78, 5) is 13.8. The van der Waals surface area contributed by atoms with Crippen LogP contribution in [0, 0.1) is 11.6 Å². The molecule has 2 aromatic rings. The number of fused-ring (bicyclic) bond motifs is 4. The number of carbonyl (C=O) groups is 1. The SMILES string of the molecule is C[C@@]12C[C@@H](NC(=O)N1c1ccc(F)cc1F)c1cc(Cl)ccc1O2. The normalized spacial score (nSPS) is 24.9. The van der Waals surface area contributed by atoms with Gasteiger partial charge in [0.05, 0.1) is 11.7 Å². The van der Waals surface area contributed by atoms with Crippen LogP contribution in [0.4, 0.5) is 19.3 Å². The molecule has 4 rings (SSSR count). The van der Waals surface area contributed by atoms with E-state index in [2.05, 4.69) is 5.32 Å². The van der Waals surface area contributed by atoms with Crippen LogP contribution < -0.4 is 15.0 Å². The van der Waals surface area contributed by atoms with Crippen molar-refractivity contribution in [3.05, 3.63) is 58.6 Å². The van der Waals surface area contributed by atoms with E-state index >= 15 is 0 Å². The molecule has 24 heavy (non-hydrogen) atoms. The van der Waals surface area contributed by atoms with Crippen LogP contribution in [0.1, 0.15) is 24.9 Å². The number of nitrogens with zero attached hydrogens (tertiary/aromatic N) is 1. The Morgan fingerprint density at radius 3 is 2.83 bits per heavy atom. The molecule has 2 heterocycles. The van der Waals surface area contributed by atoms with Crippen molar-refractivity contribution < 1.29 is 18.3 Å². The third kappa shape index (κ3) is 2.21. The molecule has 0 spiro atoms. The van der Waals surface area contributed by atoms with Crippen molar-refractivity contribution in [2.45, 2.75) is 25.1 Å². The third-order valence-electron chi connectivity index (χ3n) is 4.38. The van der Waals surface area contributed by atoms with Crippen molar-refractivity contribution in [2.24, 2.45) is 0 Å². The Morgan fingerprint density at radius 1 is 1.29 bits per heavy atom. The molecule has 1 fully saturated rings. The molecule has 7 heteroatoms. The highest BCUT2D eigenvalue weighted by Crippen LogP contribution is 2.46. The number of hydrogen-bond acceptors (Lipinski definition) is 2. The summed E-state index contributed by atoms with van der Waals surface area (Å²) < 4.78 is 33.4. The Bertz CT molecular complexity index is 860. The maximum atomic E-state index is 14.2. The number of anilines is 1. The second kappa shape index (κ2) is 5.08. The maximum Gasteiger partial charge on any atom is 0.325 e. The lowest BCUT2D eigenvalue weighted by atomic mass is 9.90. The first-order valence-electron chi connectivity index (χ1n) is 7.42. The molecular weight excluding hydrogens is 338 g/mol. The lowest BCUT2D eigenvalue weighted by Crippen LogP contribution is -2.65. The minimum Gasteiger partial charge on any atom is -0.467 e. The molecule has 124 valence electrons. The van der Waals surface area contributed by atoms with Gasteiger partial charge in [-0.1, -0.05) is 11.6 Å². The summed E-state index contributed by atoms with van der Waals surface area (Å²) in [6.07, 6.45) is 0.406. The molecule has 0 radical (unpaired) electrons. The van der Waals surface area contributed by atoms with E-state index in [0.29, 0.717) is 17.2 Å². The van der Waals surface area contributed by atoms with Crippen molar-refractivity contribution >= 4 is 23.3 Å². The van der Waals surface area contributed by atoms with E-state index in [4.69, 9.17) is 16.3 Å². The van der Waals surface area contributed by atoms with Gasteiger partial charge < -0.3 is 10.1 Å². The number of halogens is 3. The van der Waals surface area contributed by atoms with Gasteiger partial charge in [0.15, 0.2) is 5.72 Å². The number of nitrogens with one attached hydrogen (secondary N) is 1. The number of rotatable bonds is 1. The second-order valence-electron chi connectivity index (χ2n) is 6.10. The molecular formula is C17H13ClF2N2O2. The van der Waals surface area contributed by atoms with Crippen molar-refractivity contribution in [1.82, 2.24) is 5.32 Å². The molecule has 4 nitrogen and oxygen atoms in total. The first-order valence-corrected chi connectivity index (χ1v) is 7.79. The number of amides is 2. The molecule has 0 saturated carbocycles. The van der Waals surface area contributed by atoms with Gasteiger partial charge in [-0.25, -0.2) is 13.6 Å². The van der Waals surface area contributed by atoms with Gasteiger partial charge in [-0.3, -0.25) is 4.90 Å². The second-order valence-corrected chi connectivity index (χ2v) is 6.53. The molecule has 0 aromatic heterocycles. The third-order valence-corrected chi connectivity index (χ3v) is 4.62. The number of carbonyl (C=O) groups excluding carboxylic acids is 1. The zero-order valence-electron chi connectivity index (χ0n) is 12.6. The van der Waals surface area contributed by atoms with E-state index in [0.717, 1.165) is 17.7 Å². The average molecular weight is 351 g/mol. The summed E-state index contributed by atoms with van der Waals surface area (Å²) in [5, 5.41) is 3.38. The van der Waals surface area contributed by atoms with E-state index in [-0.39, 0.29) is 11.7 Å². The highest BCUT2D eigenvalue weighted by Gasteiger charge is 2.50. The van der Waals surface area contributed by atoms with Gasteiger partial charge in [-0.2, -0.15) is 0 Å². The standard InChI is InChI=1S/C17H13ClF2N2O2/c1-17-8-13(11-6-9(18)2-5-15(11)24-17)21-16(23)22(17)14-4-3-10(19)7-12(14)20/h2-7,13H,8H2,1H3,(H,21,23)/t13-,17-/m1/s1. The fourth-order valence-corrected chi connectivity index (χ4v) is 3.55. The first kappa shape index (κ1) is 15.2. The van der Waals surface area contributed by atoms with E-state index in [1.807, 2.05) is 0 Å². The summed E-state index contributed by atoms with van der Waals surface area (Å²) in [6.45, 7) is 1.71. The summed E-state index contributed by atoms with van der Waals surface area (Å²) in [5.41, 5.74) is -0.341. The lowest BCUT2D eigenvalue weighted by molar-refractivity contribution is 0.0373. The monoisotopic (exact) mass is 350 g/mol. The van der Waals surface area contributed by atoms with Crippen LogP contribution in [-0.4, -0.2) is 11.8 Å². The van der Waals surface area contributed by atoms with Crippen LogP contribution in [0.15, 0.2) is 36.4 Å². The van der Waals surface area contributed by atoms with Gasteiger partial charge in [-0.05, 0) is 37.3 Å². The van der Waals surface area contributed by atoms with Crippen LogP contribution in [0.5, 0.6) is 5.75 Å². The van der Waals surface area contributed by atoms with Crippen molar-refractivity contribution in [3.63, 3.8) is 0 Å². The molecule has 2 aliphatic heterocycles. The van der Waals surface area contributed by atoms with Gasteiger partial charge in [0, 0.05) is 23.1 Å². The Balaban J connectivity index is 1.82. The fourth-order valence-electron chi connectivity index (χ4n) is 3.37. The first-order chi connectivity index (χ1) is 11.4. The molecule has 1 N–H and O–H groups in total. The number of hydrogen-bond donors (Lipinski definition) is 1. The lowest BCUT2D eigenvalue weighted by Gasteiger charge is -2.50. The van der Waals surface area contributed by atoms with Crippen molar-refractivity contribution in [3.8, 4) is 5.75 Å². The minimum atomic E-state index is -1.09. The van der Waals surface area contributed by atoms with Crippen LogP contribution in [0.3, 0.4) is 0 Å². The molecule has 0 aliphatic carbocycles. The Morgan fingerprint density at radius 2 is 2.08 bits per heavy atom. The zero-order valence-corrected chi connectivity index (χ0v) is 13.4. The van der Waals surface area contributed by atoms with Crippen LogP contribution in [0.25, 0.3) is 0 Å². The Kier molecular flexibility index (Phi) is 3.22. The van der Waals surface area contributed by atoms with Gasteiger partial charge in [0.1, 0.15) is 17.4 Å². The van der Waals surface area contributed by atoms with Crippen molar-refractivity contribution in [1.29, 1.82) is 0 Å². The topological polar surface area (TPSA) is 41.6 Å². The van der Waals surface area contributed by atoms with Gasteiger partial charge in [0.2, 0.25) is 0 Å². The van der Waals surface area contributed by atoms with Crippen LogP contribution in [-0.2, 0) is 0 Å². The molecule has 2 bridgehead atoms. The Hall–Kier alpha value is -2.34. The molecule has 1 saturated heterocycles. The molecule has 2 amide bonds. The maximum absolute atomic E-state index is 14.2. The Labute approximate surface area is 142 Å². The van der Waals surface area contributed by atoms with Gasteiger partial charge in [-0.15, -0.1) is 0 Å². The van der Waals surface area contributed by atoms with E-state index in [1.165, 1.54) is 11.0 Å². The average Bonchev–Trinajstić information content (AvgIpc) is 2.50. The molecule has 0 unspecified atom stereocenters. The van der Waals surface area contributed by atoms with E-state index in [9.17, 15) is 13.6 Å². The molecule has 2 atom stereocenters. The van der Waals surface area contributed by atoms with Crippen molar-refractivity contribution in [2.75, 3.05) is 4.90 Å². The van der Waals surface area contributed by atoms with Crippen LogP contribution in [0.2, 0.25) is 5.02 Å². The number of benzene rings is 2. The summed E-state index contributed by atoms with van der Waals surface area (Å²) in [5.74, 6) is -0.956. The predicted octanol–water partition coefficient (Wildman–Crippen LogP) is 4.39. The number of ether oxygens (including phenoxy) is 1. The predicted molar refractivity (Wildman–Crippen MR) is 85.2 cm³/mol. The molecule has 2 aliphatic rings. The highest BCUT2D eigenvalue weighted by atomic mass is 35.5. The minimum absolute atomic E-state index is 0.0349. The molecule has 2 aromatic carbocycles. The fraction of sp³-hybridized carbons (Fsp3) is 0.235. The van der Waals surface area contributed by atoms with E-state index < -0.39 is 23.4 Å². The summed E-state index contributed by atoms with van der Waals surface area (Å²) in [6, 6.07) is 7.45. The summed E-state index contributed by atoms with van der Waals surface area (Å²) >= 11 is 6.02. The van der Waals surface area contributed by atoms with E-state index in [1.54, 1.807) is 25.1 Å². The zero-order chi connectivity index (χ0) is 17.1. The van der Waals surface area contributed by atoms with Crippen LogP contribution >= 0.6 is 11.6 Å². The summed E-state index contributed by atoms with van der Waals surface area (Å²) in [7, 11) is 0. The quantitative estimate of drug-likeness (QED) is 0.828.